The van der Waals surface area contributed by atoms with E-state index in [0.717, 1.165) is 6.08 Å². The lowest BCUT2D eigenvalue weighted by Crippen LogP contribution is -2.24. The van der Waals surface area contributed by atoms with Crippen molar-refractivity contribution in [3.8, 4) is 5.75 Å². The summed E-state index contributed by atoms with van der Waals surface area (Å²) < 4.78 is 9.91. The number of carbonyl (C=O) groups excluding carboxylic acids is 1. The zero-order valence-corrected chi connectivity index (χ0v) is 12.0. The Morgan fingerprint density at radius 2 is 1.89 bits per heavy atom. The maximum atomic E-state index is 10.8. The number of esters is 1. The van der Waals surface area contributed by atoms with Crippen molar-refractivity contribution in [2.75, 3.05) is 13.2 Å². The molecule has 1 atom stereocenters. The molecule has 0 fully saturated rings. The molecule has 1 rings (SSSR count). The molecule has 1 aromatic rings. The van der Waals surface area contributed by atoms with Gasteiger partial charge in [-0.3, -0.25) is 0 Å². The fraction of sp³-hybridized carbons (Fsp3) is 0.250. The van der Waals surface area contributed by atoms with Gasteiger partial charge >= 0.3 is 5.97 Å². The van der Waals surface area contributed by atoms with E-state index in [2.05, 4.69) is 11.3 Å². The van der Waals surface area contributed by atoms with Crippen LogP contribution in [0.1, 0.15) is 0 Å². The minimum absolute atomic E-state index is 0.133. The molecule has 0 aliphatic rings. The summed E-state index contributed by atoms with van der Waals surface area (Å²) in [6.45, 7) is 2.88. The van der Waals surface area contributed by atoms with Crippen LogP contribution in [-0.2, 0) is 9.53 Å². The molecule has 1 N–H and O–H groups in total. The van der Waals surface area contributed by atoms with E-state index in [1.807, 2.05) is 0 Å². The number of rotatable bonds is 6. The van der Waals surface area contributed by atoms with Crippen molar-refractivity contribution in [1.29, 1.82) is 0 Å². The molecule has 0 saturated heterocycles. The summed E-state index contributed by atoms with van der Waals surface area (Å²) in [4.78, 5) is 10.8. The van der Waals surface area contributed by atoms with Crippen molar-refractivity contribution in [2.45, 2.75) is 6.10 Å². The summed E-state index contributed by atoms with van der Waals surface area (Å²) in [6.07, 6.45) is -0.00717. The van der Waals surface area contributed by atoms with Gasteiger partial charge in [-0.25, -0.2) is 4.79 Å². The van der Waals surface area contributed by atoms with Crippen molar-refractivity contribution in [2.24, 2.45) is 0 Å². The predicted octanol–water partition coefficient (Wildman–Crippen LogP) is 3.12. The first-order valence-electron chi connectivity index (χ1n) is 5.18. The lowest BCUT2D eigenvalue weighted by molar-refractivity contribution is -0.141. The number of ether oxygens (including phenoxy) is 2. The highest BCUT2D eigenvalue weighted by Crippen LogP contribution is 2.35. The molecule has 0 bridgehead atoms. The van der Waals surface area contributed by atoms with Crippen molar-refractivity contribution >= 4 is 40.8 Å². The van der Waals surface area contributed by atoms with Crippen LogP contribution in [0.2, 0.25) is 15.1 Å². The van der Waals surface area contributed by atoms with Crippen LogP contribution in [0.25, 0.3) is 0 Å². The molecule has 0 spiro atoms. The molecule has 1 aromatic carbocycles. The SMILES string of the molecule is C=CC(=O)OCC(O)COc1c(Cl)cc(Cl)cc1Cl. The maximum Gasteiger partial charge on any atom is 0.330 e. The molecule has 104 valence electrons. The largest absolute Gasteiger partial charge is 0.488 e. The Hall–Kier alpha value is -0.940. The molecule has 19 heavy (non-hydrogen) atoms. The monoisotopic (exact) mass is 324 g/mol. The quantitative estimate of drug-likeness (QED) is 0.645. The molecule has 0 saturated carbocycles. The highest BCUT2D eigenvalue weighted by molar-refractivity contribution is 6.40. The first-order chi connectivity index (χ1) is 8.93. The Bertz CT molecular complexity index is 453. The molecule has 7 heteroatoms. The van der Waals surface area contributed by atoms with Gasteiger partial charge in [0.2, 0.25) is 0 Å². The summed E-state index contributed by atoms with van der Waals surface area (Å²) >= 11 is 17.5. The van der Waals surface area contributed by atoms with E-state index in [4.69, 9.17) is 39.5 Å². The predicted molar refractivity (Wildman–Crippen MR) is 74.1 cm³/mol. The Labute approximate surface area is 125 Å². The Morgan fingerprint density at radius 1 is 1.32 bits per heavy atom. The van der Waals surface area contributed by atoms with Crippen LogP contribution in [0.4, 0.5) is 0 Å². The van der Waals surface area contributed by atoms with Gasteiger partial charge in [0.15, 0.2) is 5.75 Å². The average Bonchev–Trinajstić information content (AvgIpc) is 2.34. The Morgan fingerprint density at radius 3 is 2.42 bits per heavy atom. The van der Waals surface area contributed by atoms with Crippen LogP contribution in [0.15, 0.2) is 24.8 Å². The van der Waals surface area contributed by atoms with Gasteiger partial charge in [-0.1, -0.05) is 41.4 Å². The molecule has 0 heterocycles. The number of hydrogen-bond donors (Lipinski definition) is 1. The second-order valence-corrected chi connectivity index (χ2v) is 4.75. The molecular formula is C12H11Cl3O4. The van der Waals surface area contributed by atoms with E-state index in [0.29, 0.717) is 5.02 Å². The second-order valence-electron chi connectivity index (χ2n) is 3.50. The topological polar surface area (TPSA) is 55.8 Å². The summed E-state index contributed by atoms with van der Waals surface area (Å²) in [5, 5.41) is 10.4. The van der Waals surface area contributed by atoms with Crippen LogP contribution in [-0.4, -0.2) is 30.4 Å². The summed E-state index contributed by atoms with van der Waals surface area (Å²) in [5.41, 5.74) is 0. The van der Waals surface area contributed by atoms with Crippen molar-refractivity contribution in [3.63, 3.8) is 0 Å². The van der Waals surface area contributed by atoms with E-state index in [1.54, 1.807) is 0 Å². The van der Waals surface area contributed by atoms with Crippen molar-refractivity contribution < 1.29 is 19.4 Å². The van der Waals surface area contributed by atoms with E-state index in [-0.39, 0.29) is 29.0 Å². The molecule has 0 aromatic heterocycles. The van der Waals surface area contributed by atoms with E-state index in [9.17, 15) is 9.90 Å². The average molecular weight is 326 g/mol. The van der Waals surface area contributed by atoms with Gasteiger partial charge < -0.3 is 14.6 Å². The normalized spacial score (nSPS) is 11.8. The first-order valence-corrected chi connectivity index (χ1v) is 6.32. The third kappa shape index (κ3) is 5.28. The van der Waals surface area contributed by atoms with Crippen molar-refractivity contribution in [1.82, 2.24) is 0 Å². The molecule has 0 aliphatic carbocycles. The van der Waals surface area contributed by atoms with Gasteiger partial charge in [-0.05, 0) is 12.1 Å². The van der Waals surface area contributed by atoms with Crippen LogP contribution >= 0.6 is 34.8 Å². The summed E-state index contributed by atoms with van der Waals surface area (Å²) in [5.74, 6) is -0.413. The fourth-order valence-corrected chi connectivity index (χ4v) is 2.06. The molecule has 1 unspecified atom stereocenters. The van der Waals surface area contributed by atoms with E-state index in [1.165, 1.54) is 12.1 Å². The second kappa shape index (κ2) is 7.60. The highest BCUT2D eigenvalue weighted by Gasteiger charge is 2.13. The van der Waals surface area contributed by atoms with Crippen LogP contribution in [0.5, 0.6) is 5.75 Å². The van der Waals surface area contributed by atoms with E-state index < -0.39 is 12.1 Å². The number of benzene rings is 1. The van der Waals surface area contributed by atoms with Crippen LogP contribution < -0.4 is 4.74 Å². The molecule has 0 radical (unpaired) electrons. The third-order valence-corrected chi connectivity index (χ3v) is 2.75. The maximum absolute atomic E-state index is 10.8. The Kier molecular flexibility index (Phi) is 6.45. The minimum Gasteiger partial charge on any atom is -0.488 e. The minimum atomic E-state index is -1.01. The number of aliphatic hydroxyl groups is 1. The van der Waals surface area contributed by atoms with Crippen molar-refractivity contribution in [3.05, 3.63) is 39.9 Å². The summed E-state index contributed by atoms with van der Waals surface area (Å²) in [6, 6.07) is 2.93. The number of halogens is 3. The Balaban J connectivity index is 2.53. The van der Waals surface area contributed by atoms with E-state index >= 15 is 0 Å². The summed E-state index contributed by atoms with van der Waals surface area (Å²) in [7, 11) is 0. The molecule has 0 aliphatic heterocycles. The van der Waals surface area contributed by atoms with Gasteiger partial charge in [-0.15, -0.1) is 0 Å². The fourth-order valence-electron chi connectivity index (χ4n) is 1.13. The van der Waals surface area contributed by atoms with Gasteiger partial charge in [0.25, 0.3) is 0 Å². The zero-order valence-electron chi connectivity index (χ0n) is 9.74. The third-order valence-electron chi connectivity index (χ3n) is 1.97. The lowest BCUT2D eigenvalue weighted by Gasteiger charge is -2.14. The van der Waals surface area contributed by atoms with Gasteiger partial charge in [-0.2, -0.15) is 0 Å². The molecule has 4 nitrogen and oxygen atoms in total. The smallest absolute Gasteiger partial charge is 0.330 e. The standard InChI is InChI=1S/C12H11Cl3O4/c1-2-11(17)18-5-8(16)6-19-12-9(14)3-7(13)4-10(12)15/h2-4,8,16H,1,5-6H2. The highest BCUT2D eigenvalue weighted by atomic mass is 35.5. The van der Waals surface area contributed by atoms with Gasteiger partial charge in [0, 0.05) is 11.1 Å². The number of aliphatic hydroxyl groups excluding tert-OH is 1. The zero-order chi connectivity index (χ0) is 14.4. The van der Waals surface area contributed by atoms with Gasteiger partial charge in [0.1, 0.15) is 19.3 Å². The lowest BCUT2D eigenvalue weighted by atomic mass is 10.3. The molecule has 0 amide bonds. The van der Waals surface area contributed by atoms with Crippen LogP contribution in [0, 0.1) is 0 Å². The number of carbonyl (C=O) groups is 1. The number of hydrogen-bond acceptors (Lipinski definition) is 4. The molecular weight excluding hydrogens is 314 g/mol. The first kappa shape index (κ1) is 16.1. The van der Waals surface area contributed by atoms with Gasteiger partial charge in [0.05, 0.1) is 10.0 Å². The van der Waals surface area contributed by atoms with Crippen LogP contribution in [0.3, 0.4) is 0 Å².